The number of hydrogen-bond donors (Lipinski definition) is 1. The molecule has 3 rings (SSSR count). The van der Waals surface area contributed by atoms with Gasteiger partial charge in [0, 0.05) is 19.3 Å². The van der Waals surface area contributed by atoms with Crippen molar-refractivity contribution in [2.45, 2.75) is 11.8 Å². The number of ether oxygens (including phenoxy) is 1. The molecule has 0 bridgehead atoms. The number of rotatable bonds is 10. The molecule has 0 aliphatic carbocycles. The van der Waals surface area contributed by atoms with Crippen LogP contribution in [0.1, 0.15) is 17.3 Å². The molecule has 0 unspecified atom stereocenters. The second kappa shape index (κ2) is 9.82. The van der Waals surface area contributed by atoms with Gasteiger partial charge in [-0.05, 0) is 37.3 Å². The fraction of sp³-hybridized carbons (Fsp3) is 0.190. The number of fused-ring (bicyclic) bond motifs is 1. The largest absolute Gasteiger partial charge is 0.477 e. The van der Waals surface area contributed by atoms with E-state index in [-0.39, 0.29) is 29.4 Å². The number of sulfonamides is 1. The Balaban J connectivity index is 1.88. The normalized spacial score (nSPS) is 11.4. The number of amides is 1. The number of thiazole rings is 1. The summed E-state index contributed by atoms with van der Waals surface area (Å²) in [6.07, 6.45) is 4.59. The summed E-state index contributed by atoms with van der Waals surface area (Å²) in [6.45, 7) is 9.75. The molecule has 2 aromatic heterocycles. The van der Waals surface area contributed by atoms with Crippen molar-refractivity contribution in [1.29, 1.82) is 0 Å². The quantitative estimate of drug-likeness (QED) is 0.465. The molecule has 8 nitrogen and oxygen atoms in total. The molecule has 0 aliphatic heterocycles. The van der Waals surface area contributed by atoms with Crippen molar-refractivity contribution in [3.63, 3.8) is 0 Å². The molecule has 0 atom stereocenters. The van der Waals surface area contributed by atoms with Crippen molar-refractivity contribution in [3.05, 3.63) is 67.4 Å². The summed E-state index contributed by atoms with van der Waals surface area (Å²) in [7, 11) is -3.73. The zero-order chi connectivity index (χ0) is 22.4. The van der Waals surface area contributed by atoms with Gasteiger partial charge >= 0.3 is 0 Å². The van der Waals surface area contributed by atoms with Gasteiger partial charge in [0.2, 0.25) is 15.9 Å². The molecule has 0 radical (unpaired) electrons. The number of nitrogens with zero attached hydrogens (tertiary/aromatic N) is 3. The minimum atomic E-state index is -3.73. The van der Waals surface area contributed by atoms with Gasteiger partial charge in [0.25, 0.3) is 5.91 Å². The van der Waals surface area contributed by atoms with Crippen LogP contribution in [0.4, 0.5) is 5.13 Å². The zero-order valence-corrected chi connectivity index (χ0v) is 18.6. The lowest BCUT2D eigenvalue weighted by Crippen LogP contribution is -2.31. The summed E-state index contributed by atoms with van der Waals surface area (Å²) in [4.78, 5) is 21.2. The van der Waals surface area contributed by atoms with Gasteiger partial charge in [-0.3, -0.25) is 10.1 Å². The third-order valence-corrected chi connectivity index (χ3v) is 6.94. The van der Waals surface area contributed by atoms with Crippen LogP contribution < -0.4 is 10.1 Å². The van der Waals surface area contributed by atoms with Crippen LogP contribution in [0.5, 0.6) is 5.88 Å². The predicted octanol–water partition coefficient (Wildman–Crippen LogP) is 3.71. The van der Waals surface area contributed by atoms with Crippen molar-refractivity contribution in [1.82, 2.24) is 14.3 Å². The maximum absolute atomic E-state index is 12.9. The van der Waals surface area contributed by atoms with Crippen LogP contribution in [0.15, 0.2) is 66.7 Å². The molecule has 162 valence electrons. The minimum absolute atomic E-state index is 0.135. The van der Waals surface area contributed by atoms with E-state index in [0.29, 0.717) is 22.0 Å². The first-order valence-corrected chi connectivity index (χ1v) is 11.7. The summed E-state index contributed by atoms with van der Waals surface area (Å²) in [5.74, 6) is -0.173. The van der Waals surface area contributed by atoms with Gasteiger partial charge in [-0.25, -0.2) is 18.4 Å². The third-order valence-electron chi connectivity index (χ3n) is 4.18. The highest BCUT2D eigenvalue weighted by atomic mass is 32.2. The lowest BCUT2D eigenvalue weighted by molar-refractivity contribution is 0.102. The van der Waals surface area contributed by atoms with Crippen LogP contribution >= 0.6 is 11.3 Å². The summed E-state index contributed by atoms with van der Waals surface area (Å²) in [6, 6.07) is 7.91. The van der Waals surface area contributed by atoms with Gasteiger partial charge in [0.05, 0.1) is 21.7 Å². The highest BCUT2D eigenvalue weighted by Gasteiger charge is 2.23. The molecule has 0 aliphatic rings. The van der Waals surface area contributed by atoms with Gasteiger partial charge in [-0.15, -0.1) is 13.2 Å². The summed E-state index contributed by atoms with van der Waals surface area (Å²) >= 11 is 1.18. The Morgan fingerprint density at radius 1 is 1.26 bits per heavy atom. The van der Waals surface area contributed by atoms with Crippen molar-refractivity contribution >= 4 is 42.6 Å². The number of benzene rings is 1. The predicted molar refractivity (Wildman–Crippen MR) is 122 cm³/mol. The van der Waals surface area contributed by atoms with E-state index in [1.54, 1.807) is 37.4 Å². The number of aromatic nitrogens is 2. The molecular formula is C21H22N4O4S2. The van der Waals surface area contributed by atoms with Crippen molar-refractivity contribution < 1.29 is 17.9 Å². The van der Waals surface area contributed by atoms with E-state index in [1.165, 1.54) is 33.9 Å². The number of hydrogen-bond acceptors (Lipinski definition) is 7. The molecule has 0 fully saturated rings. The summed E-state index contributed by atoms with van der Waals surface area (Å²) in [5.41, 5.74) is 0.867. The van der Waals surface area contributed by atoms with Gasteiger partial charge < -0.3 is 4.74 Å². The topological polar surface area (TPSA) is 101 Å². The minimum Gasteiger partial charge on any atom is -0.477 e. The Hall–Kier alpha value is -3.08. The number of carbonyl (C=O) groups is 1. The van der Waals surface area contributed by atoms with Gasteiger partial charge in [0.15, 0.2) is 5.13 Å². The monoisotopic (exact) mass is 458 g/mol. The second-order valence-corrected chi connectivity index (χ2v) is 9.26. The fourth-order valence-corrected chi connectivity index (χ4v) is 5.19. The van der Waals surface area contributed by atoms with Gasteiger partial charge in [-0.2, -0.15) is 4.31 Å². The van der Waals surface area contributed by atoms with Crippen LogP contribution in [0.3, 0.4) is 0 Å². The molecule has 31 heavy (non-hydrogen) atoms. The van der Waals surface area contributed by atoms with E-state index in [4.69, 9.17) is 4.74 Å². The van der Waals surface area contributed by atoms with Crippen molar-refractivity contribution in [2.24, 2.45) is 0 Å². The van der Waals surface area contributed by atoms with Crippen molar-refractivity contribution in [2.75, 3.05) is 25.0 Å². The summed E-state index contributed by atoms with van der Waals surface area (Å²) in [5, 5.41) is 3.07. The van der Waals surface area contributed by atoms with E-state index in [1.807, 2.05) is 0 Å². The Kier molecular flexibility index (Phi) is 7.16. The van der Waals surface area contributed by atoms with Crippen LogP contribution in [0, 0.1) is 0 Å². The lowest BCUT2D eigenvalue weighted by Gasteiger charge is -2.18. The number of anilines is 1. The molecule has 10 heteroatoms. The maximum atomic E-state index is 12.9. The van der Waals surface area contributed by atoms with Crippen LogP contribution in [0.2, 0.25) is 0 Å². The molecule has 0 saturated heterocycles. The van der Waals surface area contributed by atoms with E-state index < -0.39 is 15.9 Å². The van der Waals surface area contributed by atoms with E-state index in [2.05, 4.69) is 28.4 Å². The maximum Gasteiger partial charge on any atom is 0.262 e. The van der Waals surface area contributed by atoms with E-state index in [0.717, 1.165) is 0 Å². The van der Waals surface area contributed by atoms with Gasteiger partial charge in [-0.1, -0.05) is 23.5 Å². The SMILES string of the molecule is C=CCN(CC=C)S(=O)(=O)c1ccc2nc(NC(=O)c3cccnc3OCC)sc2c1. The Morgan fingerprint density at radius 3 is 2.68 bits per heavy atom. The molecule has 1 N–H and O–H groups in total. The molecule has 2 heterocycles. The lowest BCUT2D eigenvalue weighted by atomic mass is 10.2. The summed E-state index contributed by atoms with van der Waals surface area (Å²) < 4.78 is 33.2. The molecular weight excluding hydrogens is 436 g/mol. The first-order chi connectivity index (χ1) is 14.9. The van der Waals surface area contributed by atoms with Crippen molar-refractivity contribution in [3.8, 4) is 5.88 Å². The highest BCUT2D eigenvalue weighted by Crippen LogP contribution is 2.30. The second-order valence-electron chi connectivity index (χ2n) is 6.29. The van der Waals surface area contributed by atoms with E-state index in [9.17, 15) is 13.2 Å². The standard InChI is InChI=1S/C21H22N4O4S2/c1-4-12-25(13-5-2)31(27,28)15-9-10-17-18(14-15)30-21(23-17)24-19(26)16-8-7-11-22-20(16)29-6-3/h4-5,7-11,14H,1-2,6,12-13H2,3H3,(H,23,24,26). The Labute approximate surface area is 185 Å². The number of nitrogens with one attached hydrogen (secondary N) is 1. The first-order valence-electron chi connectivity index (χ1n) is 9.42. The van der Waals surface area contributed by atoms with Gasteiger partial charge in [0.1, 0.15) is 5.56 Å². The molecule has 3 aromatic rings. The van der Waals surface area contributed by atoms with Crippen LogP contribution in [-0.2, 0) is 10.0 Å². The Bertz CT molecular complexity index is 1210. The Morgan fingerprint density at radius 2 is 2.00 bits per heavy atom. The fourth-order valence-electron chi connectivity index (χ4n) is 2.81. The van der Waals surface area contributed by atoms with Crippen LogP contribution in [0.25, 0.3) is 10.2 Å². The highest BCUT2D eigenvalue weighted by molar-refractivity contribution is 7.89. The number of pyridine rings is 1. The molecule has 1 aromatic carbocycles. The average Bonchev–Trinajstić information content (AvgIpc) is 3.15. The average molecular weight is 459 g/mol. The number of carbonyl (C=O) groups excluding carboxylic acids is 1. The first kappa shape index (κ1) is 22.6. The third kappa shape index (κ3) is 4.98. The molecule has 1 amide bonds. The molecule has 0 spiro atoms. The van der Waals surface area contributed by atoms with E-state index >= 15 is 0 Å². The zero-order valence-electron chi connectivity index (χ0n) is 16.9. The smallest absolute Gasteiger partial charge is 0.262 e. The van der Waals surface area contributed by atoms with Crippen LogP contribution in [-0.4, -0.2) is 48.3 Å². The molecule has 0 saturated carbocycles.